The molecule has 2 heterocycles. The van der Waals surface area contributed by atoms with Gasteiger partial charge in [-0.15, -0.1) is 0 Å². The van der Waals surface area contributed by atoms with Crippen molar-refractivity contribution in [3.05, 3.63) is 103 Å². The minimum Gasteiger partial charge on any atom is -0.494 e. The van der Waals surface area contributed by atoms with E-state index in [1.807, 2.05) is 6.92 Å². The Morgan fingerprint density at radius 1 is 1.00 bits per heavy atom. The second-order valence-corrected chi connectivity index (χ2v) is 8.92. The van der Waals surface area contributed by atoms with Crippen molar-refractivity contribution in [1.82, 2.24) is 14.1 Å². The normalized spacial score (nSPS) is 10.9. The van der Waals surface area contributed by atoms with Gasteiger partial charge in [0.1, 0.15) is 23.0 Å². The smallest absolute Gasteiger partial charge is 0.265 e. The lowest BCUT2D eigenvalue weighted by molar-refractivity contribution is 0.387. The van der Waals surface area contributed by atoms with Gasteiger partial charge in [0.15, 0.2) is 0 Å². The maximum atomic E-state index is 13.9. The molecule has 0 unspecified atom stereocenters. The molecule has 0 spiro atoms. The lowest BCUT2D eigenvalue weighted by atomic mass is 10.1. The van der Waals surface area contributed by atoms with Crippen LogP contribution in [0, 0.1) is 0 Å². The van der Waals surface area contributed by atoms with Gasteiger partial charge in [0.25, 0.3) is 11.1 Å². The van der Waals surface area contributed by atoms with Crippen LogP contribution in [-0.4, -0.2) is 33.4 Å². The molecule has 1 N–H and O–H groups in total. The molecule has 2 aromatic heterocycles. The Morgan fingerprint density at radius 2 is 1.68 bits per heavy atom. The maximum absolute atomic E-state index is 13.9. The van der Waals surface area contributed by atoms with Gasteiger partial charge in [0.2, 0.25) is 5.88 Å². The topological polar surface area (TPSA) is 95.6 Å². The summed E-state index contributed by atoms with van der Waals surface area (Å²) in [5.41, 5.74) is 1.34. The first-order chi connectivity index (χ1) is 17.9. The minimum absolute atomic E-state index is 0.138. The molecule has 37 heavy (non-hydrogen) atoms. The Morgan fingerprint density at radius 3 is 2.27 bits per heavy atom. The van der Waals surface area contributed by atoms with Crippen molar-refractivity contribution < 1.29 is 14.6 Å². The maximum Gasteiger partial charge on any atom is 0.265 e. The highest BCUT2D eigenvalue weighted by molar-refractivity contribution is 6.30. The molecular formula is C28H28ClN3O5. The third-order valence-corrected chi connectivity index (χ3v) is 6.32. The molecule has 0 radical (unpaired) electrons. The van der Waals surface area contributed by atoms with Gasteiger partial charge >= 0.3 is 0 Å². The van der Waals surface area contributed by atoms with Crippen LogP contribution in [0.1, 0.15) is 36.7 Å². The first-order valence-corrected chi connectivity index (χ1v) is 12.3. The minimum atomic E-state index is -0.403. The Kier molecular flexibility index (Phi) is 7.98. The molecule has 0 amide bonds. The highest BCUT2D eigenvalue weighted by Crippen LogP contribution is 2.33. The van der Waals surface area contributed by atoms with Crippen molar-refractivity contribution in [2.75, 3.05) is 14.2 Å². The first-order valence-electron chi connectivity index (χ1n) is 11.9. The largest absolute Gasteiger partial charge is 0.494 e. The van der Waals surface area contributed by atoms with E-state index >= 15 is 0 Å². The standard InChI is InChI=1S/C28H28ClN3O5/c1-4-5-9-24-30-27(34)21(28(35)32(24)26-22(36-2)7-6-8-23(26)37-3)16-18-10-12-20(13-11-18)31-15-14-19(29)17-25(31)33/h6-8,10-15,17,34H,4-5,9,16H2,1-3H3. The van der Waals surface area contributed by atoms with Crippen molar-refractivity contribution in [3.8, 4) is 28.8 Å². The van der Waals surface area contributed by atoms with E-state index in [9.17, 15) is 14.7 Å². The number of methoxy groups -OCH3 is 2. The molecule has 9 heteroatoms. The number of ether oxygens (including phenoxy) is 2. The molecule has 2 aromatic carbocycles. The van der Waals surface area contributed by atoms with Crippen molar-refractivity contribution in [2.45, 2.75) is 32.6 Å². The van der Waals surface area contributed by atoms with Crippen LogP contribution in [0.4, 0.5) is 0 Å². The summed E-state index contributed by atoms with van der Waals surface area (Å²) in [5.74, 6) is 1.03. The number of aromatic nitrogens is 3. The first kappa shape index (κ1) is 26.0. The van der Waals surface area contributed by atoms with Gasteiger partial charge in [-0.1, -0.05) is 43.1 Å². The zero-order chi connectivity index (χ0) is 26.5. The summed E-state index contributed by atoms with van der Waals surface area (Å²) in [6.07, 6.45) is 3.91. The molecule has 0 bridgehead atoms. The number of hydrogen-bond donors (Lipinski definition) is 1. The van der Waals surface area contributed by atoms with E-state index in [0.717, 1.165) is 18.4 Å². The van der Waals surface area contributed by atoms with E-state index in [1.54, 1.807) is 54.7 Å². The van der Waals surface area contributed by atoms with Gasteiger partial charge in [-0.25, -0.2) is 0 Å². The number of unbranched alkanes of at least 4 members (excludes halogenated alkanes) is 1. The average molecular weight is 522 g/mol. The summed E-state index contributed by atoms with van der Waals surface area (Å²) in [6.45, 7) is 2.04. The van der Waals surface area contributed by atoms with E-state index in [1.165, 1.54) is 29.4 Å². The van der Waals surface area contributed by atoms with Crippen molar-refractivity contribution in [1.29, 1.82) is 0 Å². The van der Waals surface area contributed by atoms with Crippen molar-refractivity contribution in [3.63, 3.8) is 0 Å². The number of aryl methyl sites for hydroxylation is 1. The number of para-hydroxylation sites is 1. The second-order valence-electron chi connectivity index (χ2n) is 8.48. The predicted octanol–water partition coefficient (Wildman–Crippen LogP) is 4.69. The van der Waals surface area contributed by atoms with Gasteiger partial charge in [-0.3, -0.25) is 18.7 Å². The molecule has 0 saturated carbocycles. The molecule has 0 aliphatic carbocycles. The van der Waals surface area contributed by atoms with Gasteiger partial charge in [0, 0.05) is 35.8 Å². The van der Waals surface area contributed by atoms with Crippen LogP contribution in [0.2, 0.25) is 5.02 Å². The molecule has 0 atom stereocenters. The summed E-state index contributed by atoms with van der Waals surface area (Å²) < 4.78 is 14.0. The number of hydrogen-bond acceptors (Lipinski definition) is 6. The highest BCUT2D eigenvalue weighted by Gasteiger charge is 2.22. The van der Waals surface area contributed by atoms with E-state index in [-0.39, 0.29) is 23.4 Å². The number of rotatable bonds is 9. The molecule has 0 aliphatic rings. The lowest BCUT2D eigenvalue weighted by Crippen LogP contribution is -2.28. The molecule has 0 saturated heterocycles. The number of halogens is 1. The fraction of sp³-hybridized carbons (Fsp3) is 0.250. The summed E-state index contributed by atoms with van der Waals surface area (Å²) >= 11 is 5.89. The van der Waals surface area contributed by atoms with Gasteiger partial charge in [-0.05, 0) is 42.3 Å². The molecule has 4 rings (SSSR count). The van der Waals surface area contributed by atoms with E-state index in [0.29, 0.717) is 40.1 Å². The summed E-state index contributed by atoms with van der Waals surface area (Å²) in [4.78, 5) is 30.6. The number of nitrogens with zero attached hydrogens (tertiary/aromatic N) is 3. The van der Waals surface area contributed by atoms with Gasteiger partial charge < -0.3 is 14.6 Å². The van der Waals surface area contributed by atoms with E-state index in [2.05, 4.69) is 4.98 Å². The van der Waals surface area contributed by atoms with Gasteiger partial charge in [-0.2, -0.15) is 4.98 Å². The van der Waals surface area contributed by atoms with Crippen LogP contribution in [0.3, 0.4) is 0 Å². The summed E-state index contributed by atoms with van der Waals surface area (Å²) in [6, 6.07) is 15.4. The zero-order valence-electron chi connectivity index (χ0n) is 20.9. The lowest BCUT2D eigenvalue weighted by Gasteiger charge is -2.19. The summed E-state index contributed by atoms with van der Waals surface area (Å²) in [5, 5.41) is 11.2. The Labute approximate surface area is 219 Å². The number of aromatic hydroxyl groups is 1. The summed E-state index contributed by atoms with van der Waals surface area (Å²) in [7, 11) is 3.05. The number of benzene rings is 2. The third kappa shape index (κ3) is 5.39. The van der Waals surface area contributed by atoms with Crippen molar-refractivity contribution >= 4 is 11.6 Å². The molecular weight excluding hydrogens is 494 g/mol. The van der Waals surface area contributed by atoms with Crippen LogP contribution >= 0.6 is 11.6 Å². The van der Waals surface area contributed by atoms with Crippen LogP contribution in [0.15, 0.2) is 70.4 Å². The Bertz CT molecular complexity index is 1500. The Hall–Kier alpha value is -4.04. The van der Waals surface area contributed by atoms with E-state index in [4.69, 9.17) is 21.1 Å². The average Bonchev–Trinajstić information content (AvgIpc) is 2.90. The molecule has 8 nitrogen and oxygen atoms in total. The second kappa shape index (κ2) is 11.3. The molecule has 4 aromatic rings. The fourth-order valence-electron chi connectivity index (χ4n) is 4.17. The van der Waals surface area contributed by atoms with Gasteiger partial charge in [0.05, 0.1) is 19.8 Å². The van der Waals surface area contributed by atoms with Crippen LogP contribution < -0.4 is 20.6 Å². The SMILES string of the molecule is CCCCc1nc(O)c(Cc2ccc(-n3ccc(Cl)cc3=O)cc2)c(=O)n1-c1c(OC)cccc1OC. The van der Waals surface area contributed by atoms with Crippen LogP contribution in [0.5, 0.6) is 17.4 Å². The van der Waals surface area contributed by atoms with E-state index < -0.39 is 5.56 Å². The quantitative estimate of drug-likeness (QED) is 0.343. The zero-order valence-corrected chi connectivity index (χ0v) is 21.7. The monoisotopic (exact) mass is 521 g/mol. The predicted molar refractivity (Wildman–Crippen MR) is 143 cm³/mol. The molecule has 0 aliphatic heterocycles. The number of pyridine rings is 1. The van der Waals surface area contributed by atoms with Crippen LogP contribution in [-0.2, 0) is 12.8 Å². The molecule has 192 valence electrons. The molecule has 0 fully saturated rings. The van der Waals surface area contributed by atoms with Crippen molar-refractivity contribution in [2.24, 2.45) is 0 Å². The highest BCUT2D eigenvalue weighted by atomic mass is 35.5. The Balaban J connectivity index is 1.80. The fourth-order valence-corrected chi connectivity index (χ4v) is 4.32. The third-order valence-electron chi connectivity index (χ3n) is 6.08. The van der Waals surface area contributed by atoms with Crippen LogP contribution in [0.25, 0.3) is 11.4 Å².